The highest BCUT2D eigenvalue weighted by Crippen LogP contribution is 2.29. The van der Waals surface area contributed by atoms with Gasteiger partial charge in [0.05, 0.1) is 45.9 Å². The van der Waals surface area contributed by atoms with Crippen LogP contribution >= 0.6 is 0 Å². The minimum absolute atomic E-state index is 0.0844. The van der Waals surface area contributed by atoms with Crippen molar-refractivity contribution in [2.45, 2.75) is 25.3 Å². The molecule has 5 aromatic rings. The lowest BCUT2D eigenvalue weighted by atomic mass is 10.0. The number of piperidine rings is 1. The summed E-state index contributed by atoms with van der Waals surface area (Å²) in [5, 5.41) is 10.0. The summed E-state index contributed by atoms with van der Waals surface area (Å²) in [6.07, 6.45) is 6.39. The van der Waals surface area contributed by atoms with Crippen molar-refractivity contribution in [1.82, 2.24) is 30.0 Å². The summed E-state index contributed by atoms with van der Waals surface area (Å²) in [5.41, 5.74) is 6.54. The van der Waals surface area contributed by atoms with Gasteiger partial charge in [-0.15, -0.1) is 0 Å². The molecule has 3 aromatic carbocycles. The van der Waals surface area contributed by atoms with Gasteiger partial charge in [-0.25, -0.2) is 9.67 Å². The molecule has 0 radical (unpaired) electrons. The first kappa shape index (κ1) is 26.2. The molecule has 11 heteroatoms. The molecule has 212 valence electrons. The number of rotatable bonds is 7. The van der Waals surface area contributed by atoms with Crippen LogP contribution in [0.4, 0.5) is 5.69 Å². The molecule has 1 atom stereocenters. The number of imide groups is 2. The first-order chi connectivity index (χ1) is 20.9. The van der Waals surface area contributed by atoms with E-state index >= 15 is 0 Å². The van der Waals surface area contributed by atoms with Crippen LogP contribution in [0, 0.1) is 0 Å². The molecule has 2 aliphatic rings. The number of anilines is 1. The topological polar surface area (TPSA) is 139 Å². The summed E-state index contributed by atoms with van der Waals surface area (Å²) in [5.74, 6) is -2.07. The van der Waals surface area contributed by atoms with E-state index in [1.165, 1.54) is 0 Å². The van der Waals surface area contributed by atoms with Gasteiger partial charge in [-0.2, -0.15) is 5.10 Å². The average molecular weight is 572 g/mol. The lowest BCUT2D eigenvalue weighted by Crippen LogP contribution is -2.54. The molecule has 2 N–H and O–H groups in total. The second-order valence-electron chi connectivity index (χ2n) is 10.5. The highest BCUT2D eigenvalue weighted by atomic mass is 16.2. The van der Waals surface area contributed by atoms with E-state index in [0.29, 0.717) is 12.2 Å². The van der Waals surface area contributed by atoms with E-state index < -0.39 is 29.7 Å². The van der Waals surface area contributed by atoms with Crippen LogP contribution in [0.2, 0.25) is 0 Å². The van der Waals surface area contributed by atoms with Crippen LogP contribution in [0.25, 0.3) is 28.0 Å². The van der Waals surface area contributed by atoms with Crippen LogP contribution in [-0.4, -0.2) is 60.9 Å². The minimum atomic E-state index is -0.981. The van der Waals surface area contributed by atoms with Crippen LogP contribution < -0.4 is 10.6 Å². The summed E-state index contributed by atoms with van der Waals surface area (Å²) in [4.78, 5) is 59.9. The number of nitrogens with one attached hydrogen (secondary N) is 2. The first-order valence-corrected chi connectivity index (χ1v) is 13.9. The molecule has 4 heterocycles. The molecule has 2 aromatic heterocycles. The number of carbonyl (C=O) groups excluding carboxylic acids is 4. The van der Waals surface area contributed by atoms with Crippen LogP contribution in [0.15, 0.2) is 85.3 Å². The number of fused-ring (bicyclic) bond motifs is 2. The zero-order valence-electron chi connectivity index (χ0n) is 22.9. The fourth-order valence-electron chi connectivity index (χ4n) is 5.44. The van der Waals surface area contributed by atoms with Gasteiger partial charge in [-0.05, 0) is 60.9 Å². The SMILES string of the molecule is O=C1CCC(N2C(=O)c3ccc(NCCc4ccc(-n5cc(-c6cnc7ccccc7n6)cn5)cc4)cc3C2=O)C(=O)N1. The maximum Gasteiger partial charge on any atom is 0.262 e. The van der Waals surface area contributed by atoms with Crippen LogP contribution in [-0.2, 0) is 16.0 Å². The molecule has 0 spiro atoms. The van der Waals surface area contributed by atoms with E-state index in [2.05, 4.69) is 20.7 Å². The fraction of sp³-hybridized carbons (Fsp3) is 0.156. The van der Waals surface area contributed by atoms with Gasteiger partial charge < -0.3 is 5.32 Å². The molecular weight excluding hydrogens is 546 g/mol. The number of nitrogens with zero attached hydrogens (tertiary/aromatic N) is 5. The van der Waals surface area contributed by atoms with Gasteiger partial charge in [0.1, 0.15) is 6.04 Å². The number of benzene rings is 3. The van der Waals surface area contributed by atoms with E-state index in [1.54, 1.807) is 35.3 Å². The van der Waals surface area contributed by atoms with Gasteiger partial charge in [0.2, 0.25) is 11.8 Å². The number of amides is 4. The van der Waals surface area contributed by atoms with E-state index in [-0.39, 0.29) is 24.0 Å². The highest BCUT2D eigenvalue weighted by molar-refractivity contribution is 6.23. The monoisotopic (exact) mass is 571 g/mol. The van der Waals surface area contributed by atoms with Gasteiger partial charge in [0.25, 0.3) is 11.8 Å². The Morgan fingerprint density at radius 1 is 0.884 bits per heavy atom. The molecule has 11 nitrogen and oxygen atoms in total. The summed E-state index contributed by atoms with van der Waals surface area (Å²) < 4.78 is 1.80. The molecule has 43 heavy (non-hydrogen) atoms. The van der Waals surface area contributed by atoms with Gasteiger partial charge in [-0.1, -0.05) is 24.3 Å². The predicted molar refractivity (Wildman–Crippen MR) is 157 cm³/mol. The second kappa shape index (κ2) is 10.6. The summed E-state index contributed by atoms with van der Waals surface area (Å²) >= 11 is 0. The molecule has 7 rings (SSSR count). The Labute approximate surface area is 245 Å². The Bertz CT molecular complexity index is 1930. The molecule has 1 unspecified atom stereocenters. The van der Waals surface area contributed by atoms with E-state index in [9.17, 15) is 19.2 Å². The lowest BCUT2D eigenvalue weighted by Gasteiger charge is -2.27. The van der Waals surface area contributed by atoms with E-state index in [4.69, 9.17) is 4.98 Å². The zero-order valence-corrected chi connectivity index (χ0v) is 22.9. The van der Waals surface area contributed by atoms with Crippen LogP contribution in [0.1, 0.15) is 39.1 Å². The van der Waals surface area contributed by atoms with Crippen molar-refractivity contribution in [3.05, 3.63) is 102 Å². The van der Waals surface area contributed by atoms with Crippen molar-refractivity contribution >= 4 is 40.3 Å². The predicted octanol–water partition coefficient (Wildman–Crippen LogP) is 3.54. The quantitative estimate of drug-likeness (QED) is 0.283. The number of hydrogen-bond donors (Lipinski definition) is 2. The van der Waals surface area contributed by atoms with Crippen molar-refractivity contribution in [3.63, 3.8) is 0 Å². The Hall–Kier alpha value is -5.71. The molecule has 1 fully saturated rings. The average Bonchev–Trinajstić information content (AvgIpc) is 3.61. The van der Waals surface area contributed by atoms with Gasteiger partial charge in [-0.3, -0.25) is 34.4 Å². The number of hydrogen-bond acceptors (Lipinski definition) is 8. The van der Waals surface area contributed by atoms with E-state index in [1.807, 2.05) is 54.7 Å². The molecule has 0 saturated carbocycles. The molecule has 0 bridgehead atoms. The van der Waals surface area contributed by atoms with Gasteiger partial charge in [0.15, 0.2) is 0 Å². The minimum Gasteiger partial charge on any atom is -0.385 e. The third kappa shape index (κ3) is 4.90. The normalized spacial score (nSPS) is 16.5. The molecule has 0 aliphatic carbocycles. The Balaban J connectivity index is 0.978. The summed E-state index contributed by atoms with van der Waals surface area (Å²) in [6, 6.07) is 19.8. The Kier molecular flexibility index (Phi) is 6.46. The van der Waals surface area contributed by atoms with Gasteiger partial charge >= 0.3 is 0 Å². The maximum atomic E-state index is 13.1. The number of aromatic nitrogens is 4. The number of carbonyl (C=O) groups is 4. The number of para-hydroxylation sites is 2. The van der Waals surface area contributed by atoms with E-state index in [0.717, 1.165) is 44.9 Å². The van der Waals surface area contributed by atoms with Crippen molar-refractivity contribution in [2.24, 2.45) is 0 Å². The molecule has 2 aliphatic heterocycles. The fourth-order valence-corrected chi connectivity index (χ4v) is 5.44. The largest absolute Gasteiger partial charge is 0.385 e. The second-order valence-corrected chi connectivity index (χ2v) is 10.5. The summed E-state index contributed by atoms with van der Waals surface area (Å²) in [6.45, 7) is 0.601. The van der Waals surface area contributed by atoms with Crippen LogP contribution in [0.3, 0.4) is 0 Å². The van der Waals surface area contributed by atoms with Crippen molar-refractivity contribution in [2.75, 3.05) is 11.9 Å². The standard InChI is InChI=1S/C32H25N7O4/c40-29-12-11-28(30(41)37-29)39-31(42)23-10-7-21(15-24(23)32(39)43)33-14-13-19-5-8-22(9-6-19)38-18-20(16-35-38)27-17-34-25-3-1-2-4-26(25)36-27/h1-10,15-18,28,33H,11-14H2,(H,37,40,41). The summed E-state index contributed by atoms with van der Waals surface area (Å²) in [7, 11) is 0. The van der Waals surface area contributed by atoms with Crippen molar-refractivity contribution < 1.29 is 19.2 Å². The molecule has 1 saturated heterocycles. The first-order valence-electron chi connectivity index (χ1n) is 13.9. The maximum absolute atomic E-state index is 13.1. The molecular formula is C32H25N7O4. The smallest absolute Gasteiger partial charge is 0.262 e. The molecule has 4 amide bonds. The highest BCUT2D eigenvalue weighted by Gasteiger charge is 2.44. The van der Waals surface area contributed by atoms with Gasteiger partial charge in [0, 0.05) is 30.4 Å². The third-order valence-electron chi connectivity index (χ3n) is 7.71. The Morgan fingerprint density at radius 2 is 1.67 bits per heavy atom. The lowest BCUT2D eigenvalue weighted by molar-refractivity contribution is -0.136. The van der Waals surface area contributed by atoms with Crippen molar-refractivity contribution in [3.8, 4) is 16.9 Å². The van der Waals surface area contributed by atoms with Crippen molar-refractivity contribution in [1.29, 1.82) is 0 Å². The zero-order chi connectivity index (χ0) is 29.5. The van der Waals surface area contributed by atoms with Crippen LogP contribution in [0.5, 0.6) is 0 Å². The third-order valence-corrected chi connectivity index (χ3v) is 7.71. The Morgan fingerprint density at radius 3 is 2.49 bits per heavy atom.